The Labute approximate surface area is 61.3 Å². The molecule has 0 radical (unpaired) electrons. The molecule has 2 nitrogen and oxygen atoms in total. The first kappa shape index (κ1) is 8.03. The number of rotatable bonds is 1. The molecule has 1 unspecified atom stereocenters. The van der Waals surface area contributed by atoms with Crippen molar-refractivity contribution >= 4 is 7.14 Å². The van der Waals surface area contributed by atoms with Gasteiger partial charge in [0.1, 0.15) is 7.14 Å². The largest absolute Gasteiger partial charge is 0.389 e. The Balaban J connectivity index is 2.77. The lowest BCUT2D eigenvalue weighted by atomic mass is 10.3. The summed E-state index contributed by atoms with van der Waals surface area (Å²) >= 11 is 0. The van der Waals surface area contributed by atoms with E-state index in [2.05, 4.69) is 0 Å². The van der Waals surface area contributed by atoms with Gasteiger partial charge in [0.15, 0.2) is 0 Å². The molecule has 0 saturated heterocycles. The van der Waals surface area contributed by atoms with Crippen LogP contribution < -0.4 is 0 Å². The van der Waals surface area contributed by atoms with Crippen molar-refractivity contribution in [1.29, 1.82) is 0 Å². The lowest BCUT2D eigenvalue weighted by molar-refractivity contribution is 0.223. The van der Waals surface area contributed by atoms with Gasteiger partial charge >= 0.3 is 0 Å². The number of aliphatic hydroxyl groups excluding tert-OH is 1. The molecule has 1 rings (SSSR count). The summed E-state index contributed by atoms with van der Waals surface area (Å²) < 4.78 is 11.4. The van der Waals surface area contributed by atoms with Crippen LogP contribution in [0.4, 0.5) is 0 Å². The van der Waals surface area contributed by atoms with E-state index in [1.54, 1.807) is 19.4 Å². The molecular weight excluding hydrogens is 147 g/mol. The SMILES string of the molecule is CP(C)(=O)C1=CC(O)CC1. The minimum Gasteiger partial charge on any atom is -0.389 e. The zero-order valence-corrected chi connectivity index (χ0v) is 7.27. The van der Waals surface area contributed by atoms with Gasteiger partial charge in [-0.1, -0.05) is 0 Å². The Morgan fingerprint density at radius 2 is 2.30 bits per heavy atom. The van der Waals surface area contributed by atoms with Gasteiger partial charge in [-0.05, 0) is 37.6 Å². The van der Waals surface area contributed by atoms with Gasteiger partial charge in [-0.15, -0.1) is 0 Å². The third kappa shape index (κ3) is 1.71. The van der Waals surface area contributed by atoms with E-state index in [-0.39, 0.29) is 6.10 Å². The molecular formula is C7H13O2P. The van der Waals surface area contributed by atoms with Crippen LogP contribution in [-0.4, -0.2) is 24.5 Å². The average Bonchev–Trinajstić information content (AvgIpc) is 2.11. The van der Waals surface area contributed by atoms with Gasteiger partial charge in [-0.3, -0.25) is 0 Å². The minimum absolute atomic E-state index is 0.344. The van der Waals surface area contributed by atoms with E-state index in [4.69, 9.17) is 5.11 Å². The van der Waals surface area contributed by atoms with E-state index in [1.807, 2.05) is 0 Å². The molecule has 0 saturated carbocycles. The third-order valence-corrected chi connectivity index (χ3v) is 3.53. The zero-order chi connectivity index (χ0) is 7.78. The van der Waals surface area contributed by atoms with E-state index in [9.17, 15) is 4.57 Å². The van der Waals surface area contributed by atoms with Crippen molar-refractivity contribution in [2.45, 2.75) is 18.9 Å². The van der Waals surface area contributed by atoms with Gasteiger partial charge in [0, 0.05) is 0 Å². The number of hydrogen-bond donors (Lipinski definition) is 1. The summed E-state index contributed by atoms with van der Waals surface area (Å²) in [5, 5.41) is 10.0. The van der Waals surface area contributed by atoms with Crippen molar-refractivity contribution in [3.8, 4) is 0 Å². The molecule has 0 heterocycles. The standard InChI is InChI=1S/C7H13O2P/c1-10(2,9)7-4-3-6(8)5-7/h5-6,8H,3-4H2,1-2H3. The van der Waals surface area contributed by atoms with Gasteiger partial charge in [0.05, 0.1) is 6.10 Å². The van der Waals surface area contributed by atoms with Crippen molar-refractivity contribution in [2.24, 2.45) is 0 Å². The van der Waals surface area contributed by atoms with Gasteiger partial charge in [0.2, 0.25) is 0 Å². The highest BCUT2D eigenvalue weighted by molar-refractivity contribution is 7.66. The smallest absolute Gasteiger partial charge is 0.105 e. The molecule has 1 aliphatic rings. The Morgan fingerprint density at radius 1 is 1.70 bits per heavy atom. The molecule has 0 bridgehead atoms. The molecule has 0 amide bonds. The second kappa shape index (κ2) is 2.52. The molecule has 1 N–H and O–H groups in total. The second-order valence-corrected chi connectivity index (χ2v) is 6.39. The molecule has 0 aromatic carbocycles. The molecule has 10 heavy (non-hydrogen) atoms. The maximum Gasteiger partial charge on any atom is 0.105 e. The van der Waals surface area contributed by atoms with Crippen LogP contribution in [0.15, 0.2) is 11.4 Å². The van der Waals surface area contributed by atoms with Crippen molar-refractivity contribution < 1.29 is 9.67 Å². The van der Waals surface area contributed by atoms with Crippen molar-refractivity contribution in [3.05, 3.63) is 11.4 Å². The Hall–Kier alpha value is -0.0700. The molecule has 0 aromatic heterocycles. The quantitative estimate of drug-likeness (QED) is 0.592. The first-order chi connectivity index (χ1) is 4.50. The van der Waals surface area contributed by atoms with E-state index in [0.29, 0.717) is 0 Å². The van der Waals surface area contributed by atoms with Crippen LogP contribution in [0, 0.1) is 0 Å². The van der Waals surface area contributed by atoms with Crippen LogP contribution in [0.3, 0.4) is 0 Å². The van der Waals surface area contributed by atoms with Gasteiger partial charge in [-0.2, -0.15) is 0 Å². The number of allylic oxidation sites excluding steroid dienone is 1. The lowest BCUT2D eigenvalue weighted by Crippen LogP contribution is -1.93. The highest BCUT2D eigenvalue weighted by Crippen LogP contribution is 2.50. The lowest BCUT2D eigenvalue weighted by Gasteiger charge is -2.05. The molecule has 0 aliphatic heterocycles. The fourth-order valence-electron chi connectivity index (χ4n) is 1.13. The van der Waals surface area contributed by atoms with Gasteiger partial charge in [-0.25, -0.2) is 0 Å². The Kier molecular flexibility index (Phi) is 2.02. The minimum atomic E-state index is -2.05. The van der Waals surface area contributed by atoms with Crippen LogP contribution in [0.25, 0.3) is 0 Å². The van der Waals surface area contributed by atoms with Gasteiger partial charge in [0.25, 0.3) is 0 Å². The fourth-order valence-corrected chi connectivity index (χ4v) is 2.33. The van der Waals surface area contributed by atoms with Crippen molar-refractivity contribution in [1.82, 2.24) is 0 Å². The normalized spacial score (nSPS) is 26.7. The van der Waals surface area contributed by atoms with Crippen LogP contribution in [0.2, 0.25) is 0 Å². The predicted octanol–water partition coefficient (Wildman–Crippen LogP) is 1.65. The van der Waals surface area contributed by atoms with Crippen LogP contribution >= 0.6 is 7.14 Å². The fraction of sp³-hybridized carbons (Fsp3) is 0.714. The summed E-state index contributed by atoms with van der Waals surface area (Å²) in [6.45, 7) is 3.49. The van der Waals surface area contributed by atoms with Crippen LogP contribution in [0.5, 0.6) is 0 Å². The first-order valence-corrected chi connectivity index (χ1v) is 6.04. The van der Waals surface area contributed by atoms with Gasteiger partial charge < -0.3 is 9.67 Å². The molecule has 58 valence electrons. The highest BCUT2D eigenvalue weighted by Gasteiger charge is 2.21. The Morgan fingerprint density at radius 3 is 2.50 bits per heavy atom. The molecule has 0 aromatic rings. The summed E-state index contributed by atoms with van der Waals surface area (Å²) in [7, 11) is -2.05. The summed E-state index contributed by atoms with van der Waals surface area (Å²) in [4.78, 5) is 0. The summed E-state index contributed by atoms with van der Waals surface area (Å²) in [6.07, 6.45) is 2.95. The van der Waals surface area contributed by atoms with E-state index < -0.39 is 7.14 Å². The molecule has 1 aliphatic carbocycles. The maximum atomic E-state index is 11.4. The topological polar surface area (TPSA) is 37.3 Å². The third-order valence-electron chi connectivity index (χ3n) is 1.77. The number of aliphatic hydroxyl groups is 1. The summed E-state index contributed by atoms with van der Waals surface area (Å²) in [5.74, 6) is 0. The van der Waals surface area contributed by atoms with Crippen LogP contribution in [-0.2, 0) is 4.57 Å². The maximum absolute atomic E-state index is 11.4. The van der Waals surface area contributed by atoms with Crippen LogP contribution in [0.1, 0.15) is 12.8 Å². The molecule has 1 atom stereocenters. The summed E-state index contributed by atoms with van der Waals surface area (Å²) in [5.41, 5.74) is 0. The molecule has 0 spiro atoms. The second-order valence-electron chi connectivity index (χ2n) is 3.11. The van der Waals surface area contributed by atoms with E-state index in [0.717, 1.165) is 18.2 Å². The first-order valence-electron chi connectivity index (χ1n) is 3.44. The monoisotopic (exact) mass is 160 g/mol. The molecule has 3 heteroatoms. The average molecular weight is 160 g/mol. The van der Waals surface area contributed by atoms with E-state index in [1.165, 1.54) is 0 Å². The summed E-state index contributed by atoms with van der Waals surface area (Å²) in [6, 6.07) is 0. The highest BCUT2D eigenvalue weighted by atomic mass is 31.2. The predicted molar refractivity (Wildman–Crippen MR) is 42.8 cm³/mol. The van der Waals surface area contributed by atoms with Crippen molar-refractivity contribution in [2.75, 3.05) is 13.3 Å². The van der Waals surface area contributed by atoms with E-state index >= 15 is 0 Å². The molecule has 0 fully saturated rings. The van der Waals surface area contributed by atoms with Crippen molar-refractivity contribution in [3.63, 3.8) is 0 Å². The zero-order valence-electron chi connectivity index (χ0n) is 6.37. The Bertz CT molecular complexity index is 202. The number of hydrogen-bond acceptors (Lipinski definition) is 2.